The molecule has 0 rings (SSSR count). The molecule has 14 heavy (non-hydrogen) atoms. The van der Waals surface area contributed by atoms with Gasteiger partial charge in [-0.2, -0.15) is 0 Å². The molecule has 0 spiro atoms. The van der Waals surface area contributed by atoms with E-state index in [1.807, 2.05) is 0 Å². The molecule has 0 aromatic carbocycles. The zero-order valence-electron chi connectivity index (χ0n) is 7.57. The second-order valence-corrected chi connectivity index (χ2v) is 2.49. The van der Waals surface area contributed by atoms with E-state index in [4.69, 9.17) is 25.5 Å². The summed E-state index contributed by atoms with van der Waals surface area (Å²) in [5.41, 5.74) is 0. The molecule has 4 atom stereocenters. The van der Waals surface area contributed by atoms with Crippen LogP contribution in [-0.4, -0.2) is 62.5 Å². The molecule has 0 radical (unpaired) electrons. The molecule has 8 heteroatoms. The molecule has 0 saturated heterocycles. The van der Waals surface area contributed by atoms with E-state index in [-0.39, 0.29) is 51.4 Å². The van der Waals surface area contributed by atoms with Gasteiger partial charge in [0.25, 0.3) is 0 Å². The van der Waals surface area contributed by atoms with Crippen LogP contribution in [0.15, 0.2) is 0 Å². The van der Waals surface area contributed by atoms with E-state index in [2.05, 4.69) is 0 Å². The number of rotatable bonds is 5. The van der Waals surface area contributed by atoms with Crippen molar-refractivity contribution in [2.75, 3.05) is 6.61 Å². The Labute approximate surface area is 122 Å². The number of carboxylic acid groups (broad SMARTS) is 1. The SMILES string of the molecule is O=C([O-])C(O)C(O)C(O)C(O)CO.[K+]. The zero-order valence-corrected chi connectivity index (χ0v) is 10.7. The van der Waals surface area contributed by atoms with Gasteiger partial charge in [-0.05, 0) is 0 Å². The third-order valence-electron chi connectivity index (χ3n) is 1.50. The smallest absolute Gasteiger partial charge is 0.547 e. The fourth-order valence-corrected chi connectivity index (χ4v) is 0.662. The maximum atomic E-state index is 9.98. The maximum Gasteiger partial charge on any atom is 1.00 e. The average Bonchev–Trinajstić information content (AvgIpc) is 2.12. The monoisotopic (exact) mass is 234 g/mol. The van der Waals surface area contributed by atoms with Crippen LogP contribution in [0.25, 0.3) is 0 Å². The van der Waals surface area contributed by atoms with Crippen LogP contribution in [0.3, 0.4) is 0 Å². The molecule has 0 bridgehead atoms. The summed E-state index contributed by atoms with van der Waals surface area (Å²) in [6, 6.07) is 0. The fourth-order valence-electron chi connectivity index (χ4n) is 0.662. The number of aliphatic hydroxyl groups excluding tert-OH is 5. The number of carbonyl (C=O) groups excluding carboxylic acids is 1. The predicted molar refractivity (Wildman–Crippen MR) is 36.1 cm³/mol. The van der Waals surface area contributed by atoms with Gasteiger partial charge in [-0.15, -0.1) is 0 Å². The molecule has 0 aliphatic carbocycles. The summed E-state index contributed by atoms with van der Waals surface area (Å²) in [5.74, 6) is -1.98. The summed E-state index contributed by atoms with van der Waals surface area (Å²) >= 11 is 0. The fraction of sp³-hybridized carbons (Fsp3) is 0.833. The standard InChI is InChI=1S/C6H12O7.K/c7-1-2(8)3(9)4(10)5(11)6(12)13;/h2-5,7-11H,1H2,(H,12,13);/q;+1/p-1. The van der Waals surface area contributed by atoms with E-state index >= 15 is 0 Å². The molecular weight excluding hydrogens is 223 g/mol. The number of carboxylic acids is 1. The number of hydrogen-bond donors (Lipinski definition) is 5. The van der Waals surface area contributed by atoms with Crippen LogP contribution in [0.1, 0.15) is 0 Å². The molecule has 0 saturated carbocycles. The van der Waals surface area contributed by atoms with Crippen molar-refractivity contribution in [1.82, 2.24) is 0 Å². The molecule has 0 fully saturated rings. The van der Waals surface area contributed by atoms with E-state index in [1.165, 1.54) is 0 Å². The predicted octanol–water partition coefficient (Wildman–Crippen LogP) is -7.82. The van der Waals surface area contributed by atoms with Gasteiger partial charge < -0.3 is 35.4 Å². The summed E-state index contributed by atoms with van der Waals surface area (Å²) in [6.45, 7) is -0.863. The minimum absolute atomic E-state index is 0. The van der Waals surface area contributed by atoms with Crippen LogP contribution in [0.4, 0.5) is 0 Å². The first-order valence-electron chi connectivity index (χ1n) is 3.45. The van der Waals surface area contributed by atoms with Gasteiger partial charge in [0, 0.05) is 0 Å². The van der Waals surface area contributed by atoms with Gasteiger partial charge in [0.15, 0.2) is 0 Å². The van der Waals surface area contributed by atoms with Gasteiger partial charge in [0.05, 0.1) is 12.6 Å². The summed E-state index contributed by atoms with van der Waals surface area (Å²) in [6.07, 6.45) is -8.08. The molecular formula is C6H11KO7. The van der Waals surface area contributed by atoms with Crippen molar-refractivity contribution in [1.29, 1.82) is 0 Å². The van der Waals surface area contributed by atoms with Gasteiger partial charge in [0.2, 0.25) is 0 Å². The van der Waals surface area contributed by atoms with E-state index in [1.54, 1.807) is 0 Å². The van der Waals surface area contributed by atoms with Crippen LogP contribution < -0.4 is 56.5 Å². The first kappa shape index (κ1) is 17.3. The Kier molecular flexibility index (Phi) is 10.0. The molecule has 78 valence electrons. The first-order valence-corrected chi connectivity index (χ1v) is 3.45. The molecule has 4 unspecified atom stereocenters. The van der Waals surface area contributed by atoms with Crippen molar-refractivity contribution < 1.29 is 86.8 Å². The van der Waals surface area contributed by atoms with Crippen LogP contribution in [0.2, 0.25) is 0 Å². The second kappa shape index (κ2) is 8.10. The Morgan fingerprint density at radius 3 is 1.86 bits per heavy atom. The summed E-state index contributed by atoms with van der Waals surface area (Å²) < 4.78 is 0. The first-order chi connectivity index (χ1) is 5.91. The van der Waals surface area contributed by atoms with E-state index in [0.29, 0.717) is 0 Å². The molecule has 0 heterocycles. The van der Waals surface area contributed by atoms with Crippen molar-refractivity contribution in [2.45, 2.75) is 24.4 Å². The van der Waals surface area contributed by atoms with Crippen molar-refractivity contribution in [2.24, 2.45) is 0 Å². The third-order valence-corrected chi connectivity index (χ3v) is 1.50. The van der Waals surface area contributed by atoms with Gasteiger partial charge in [0.1, 0.15) is 24.4 Å². The van der Waals surface area contributed by atoms with Gasteiger partial charge >= 0.3 is 51.4 Å². The quantitative estimate of drug-likeness (QED) is 0.297. The number of aliphatic carboxylic acids is 1. The Bertz CT molecular complexity index is 176. The summed E-state index contributed by atoms with van der Waals surface area (Å²) in [5, 5.41) is 53.4. The van der Waals surface area contributed by atoms with Gasteiger partial charge in [-0.1, -0.05) is 0 Å². The summed E-state index contributed by atoms with van der Waals surface area (Å²) in [4.78, 5) is 9.98. The van der Waals surface area contributed by atoms with E-state index in [0.717, 1.165) is 0 Å². The summed E-state index contributed by atoms with van der Waals surface area (Å²) in [7, 11) is 0. The molecule has 0 aromatic rings. The molecule has 7 nitrogen and oxygen atoms in total. The minimum atomic E-state index is -2.31. The Balaban J connectivity index is 0. The second-order valence-electron chi connectivity index (χ2n) is 2.49. The van der Waals surface area contributed by atoms with Gasteiger partial charge in [-0.25, -0.2) is 0 Å². The third kappa shape index (κ3) is 5.12. The average molecular weight is 234 g/mol. The Morgan fingerprint density at radius 2 is 1.57 bits per heavy atom. The van der Waals surface area contributed by atoms with Crippen LogP contribution in [-0.2, 0) is 4.79 Å². The molecule has 0 aromatic heterocycles. The van der Waals surface area contributed by atoms with Crippen LogP contribution >= 0.6 is 0 Å². The topological polar surface area (TPSA) is 141 Å². The molecule has 0 amide bonds. The molecule has 5 N–H and O–H groups in total. The Morgan fingerprint density at radius 1 is 1.14 bits per heavy atom. The normalized spacial score (nSPS) is 18.9. The van der Waals surface area contributed by atoms with Crippen LogP contribution in [0, 0.1) is 0 Å². The molecule has 0 aliphatic rings. The van der Waals surface area contributed by atoms with E-state index < -0.39 is 37.0 Å². The maximum absolute atomic E-state index is 9.98. The minimum Gasteiger partial charge on any atom is -0.547 e. The van der Waals surface area contributed by atoms with Crippen molar-refractivity contribution in [3.8, 4) is 0 Å². The largest absolute Gasteiger partial charge is 1.00 e. The van der Waals surface area contributed by atoms with Crippen LogP contribution in [0.5, 0.6) is 0 Å². The van der Waals surface area contributed by atoms with Crippen molar-refractivity contribution >= 4 is 5.97 Å². The van der Waals surface area contributed by atoms with Crippen molar-refractivity contribution in [3.05, 3.63) is 0 Å². The van der Waals surface area contributed by atoms with E-state index in [9.17, 15) is 9.90 Å². The molecule has 0 aliphatic heterocycles. The number of hydrogen-bond acceptors (Lipinski definition) is 7. The van der Waals surface area contributed by atoms with Gasteiger partial charge in [-0.3, -0.25) is 0 Å². The number of carbonyl (C=O) groups is 1. The zero-order chi connectivity index (χ0) is 10.6. The van der Waals surface area contributed by atoms with Crippen molar-refractivity contribution in [3.63, 3.8) is 0 Å². The Hall–Kier alpha value is 0.906. The number of aliphatic hydroxyl groups is 5.